The van der Waals surface area contributed by atoms with E-state index in [2.05, 4.69) is 323 Å². The van der Waals surface area contributed by atoms with Crippen LogP contribution >= 0.6 is 0 Å². The maximum absolute atomic E-state index is 5.21. The Labute approximate surface area is 618 Å². The van der Waals surface area contributed by atoms with Crippen LogP contribution in [0.1, 0.15) is 0 Å². The molecule has 500 valence electrons. The van der Waals surface area contributed by atoms with Gasteiger partial charge in [-0.1, -0.05) is 231 Å². The smallest absolute Gasteiger partial charge is 0.0972 e. The average Bonchev–Trinajstić information content (AvgIpc) is 0.775. The van der Waals surface area contributed by atoms with Crippen molar-refractivity contribution in [3.63, 3.8) is 0 Å². The van der Waals surface area contributed by atoms with Gasteiger partial charge in [0.25, 0.3) is 0 Å². The molecule has 12 aromatic carbocycles. The summed E-state index contributed by atoms with van der Waals surface area (Å²) in [5.74, 6) is 0. The van der Waals surface area contributed by atoms with Gasteiger partial charge in [0.15, 0.2) is 0 Å². The molecule has 0 fully saturated rings. The SMILES string of the molecule is c1cnc2c(-c3ccc4ccc(-c5ccc6ccc(-c7ccc(-c8ccc9ccc%10cccnc%10c9n8)c8ccccc78)cc6n5)cc4n3)cccc2c1.c1cnc2c(-c3ccc4ccc(-c5ccc6ccc(-c7ccc8cc(-c9ccc%10ccc%11cccnc%11c%10n9)ccc8c7)cc6n5)cc4n3)cccc2c1. The second kappa shape index (κ2) is 25.6. The van der Waals surface area contributed by atoms with Crippen LogP contribution in [0, 0.1) is 0 Å². The molecule has 0 atom stereocenters. The summed E-state index contributed by atoms with van der Waals surface area (Å²) in [5.41, 5.74) is 25.7. The second-order valence-corrected chi connectivity index (χ2v) is 27.5. The lowest BCUT2D eigenvalue weighted by Crippen LogP contribution is -1.92. The van der Waals surface area contributed by atoms with Gasteiger partial charge >= 0.3 is 0 Å². The number of benzene rings is 12. The molecule has 0 saturated heterocycles. The summed E-state index contributed by atoms with van der Waals surface area (Å²) in [6, 6.07) is 115. The maximum atomic E-state index is 5.21. The zero-order chi connectivity index (χ0) is 71.2. The lowest BCUT2D eigenvalue weighted by Gasteiger charge is -2.13. The van der Waals surface area contributed by atoms with Crippen LogP contribution in [-0.4, -0.2) is 49.8 Å². The van der Waals surface area contributed by atoms with Crippen molar-refractivity contribution in [1.29, 1.82) is 0 Å². The van der Waals surface area contributed by atoms with Crippen LogP contribution in [0.3, 0.4) is 0 Å². The summed E-state index contributed by atoms with van der Waals surface area (Å²) in [6.45, 7) is 0. The lowest BCUT2D eigenvalue weighted by atomic mass is 9.93. The zero-order valence-electron chi connectivity index (χ0n) is 58.0. The first-order chi connectivity index (χ1) is 53.4. The molecule has 10 heteroatoms. The number of fused-ring (bicyclic) bond motifs is 14. The van der Waals surface area contributed by atoms with Crippen molar-refractivity contribution in [1.82, 2.24) is 49.8 Å². The Bertz CT molecular complexity index is 7470. The van der Waals surface area contributed by atoms with Crippen molar-refractivity contribution in [3.05, 3.63) is 352 Å². The third-order valence-corrected chi connectivity index (χ3v) is 21.0. The molecule has 22 rings (SSSR count). The number of pyridine rings is 10. The standard InChI is InChI=1S/2C49H29N5/c1-4-32-5-2-24-50-47(32)41(7-1)44-23-19-31-9-16-40(29-46(31)53-44)42-21-18-30-8-12-38(28-45(30)52-42)36-13-14-37-27-39(17-15-35(37)26-36)43-22-20-34-11-10-33-6-3-25-51-48(33)49(34)54-43;1-2-10-39-38(9-1)37(21-22-40(39)43-25-20-34-15-14-33-8-5-27-51-48(33)49(34)54-43)35-16-12-30-18-23-42(52-45(30)28-35)36-17-13-31-19-24-44(53-46(31)29-36)41-11-3-6-32-7-4-26-50-47(32)41/h2*1-29H. The largest absolute Gasteiger partial charge is 0.256 e. The van der Waals surface area contributed by atoms with E-state index in [0.29, 0.717) is 0 Å². The van der Waals surface area contributed by atoms with Gasteiger partial charge in [0.2, 0.25) is 0 Å². The fourth-order valence-electron chi connectivity index (χ4n) is 15.5. The predicted octanol–water partition coefficient (Wildman–Crippen LogP) is 24.5. The number of aromatic nitrogens is 10. The van der Waals surface area contributed by atoms with Crippen LogP contribution in [-0.2, 0) is 0 Å². The Kier molecular flexibility index (Phi) is 14.7. The Morgan fingerprint density at radius 3 is 0.944 bits per heavy atom. The molecule has 0 amide bonds. The number of hydrogen-bond donors (Lipinski definition) is 0. The highest BCUT2D eigenvalue weighted by atomic mass is 14.8. The van der Waals surface area contributed by atoms with Gasteiger partial charge in [0, 0.05) is 112 Å². The number of nitrogens with zero attached hydrogens (tertiary/aromatic N) is 10. The molecule has 0 radical (unpaired) electrons. The van der Waals surface area contributed by atoms with E-state index in [9.17, 15) is 0 Å². The summed E-state index contributed by atoms with van der Waals surface area (Å²) in [5, 5.41) is 15.6. The Balaban J connectivity index is 0.000000138. The number of rotatable bonds is 8. The molecule has 0 aliphatic heterocycles. The quantitative estimate of drug-likeness (QED) is 0.136. The Morgan fingerprint density at radius 1 is 0.148 bits per heavy atom. The van der Waals surface area contributed by atoms with Crippen molar-refractivity contribution < 1.29 is 0 Å². The summed E-state index contributed by atoms with van der Waals surface area (Å²) >= 11 is 0. The monoisotopic (exact) mass is 1370 g/mol. The highest BCUT2D eigenvalue weighted by Gasteiger charge is 2.17. The normalized spacial score (nSPS) is 11.7. The third kappa shape index (κ3) is 11.1. The van der Waals surface area contributed by atoms with Crippen LogP contribution in [0.25, 0.3) is 220 Å². The van der Waals surface area contributed by atoms with Crippen molar-refractivity contribution in [2.75, 3.05) is 0 Å². The fraction of sp³-hybridized carbons (Fsp3) is 0. The molecular formula is C98H58N10. The van der Waals surface area contributed by atoms with Crippen molar-refractivity contribution >= 4 is 131 Å². The molecule has 10 heterocycles. The molecule has 0 saturated carbocycles. The van der Waals surface area contributed by atoms with E-state index < -0.39 is 0 Å². The minimum Gasteiger partial charge on any atom is -0.256 e. The molecule has 0 bridgehead atoms. The van der Waals surface area contributed by atoms with Gasteiger partial charge in [-0.25, -0.2) is 29.9 Å². The zero-order valence-corrected chi connectivity index (χ0v) is 58.0. The van der Waals surface area contributed by atoms with E-state index in [1.54, 1.807) is 0 Å². The summed E-state index contributed by atoms with van der Waals surface area (Å²) < 4.78 is 0. The van der Waals surface area contributed by atoms with Gasteiger partial charge in [-0.2, -0.15) is 0 Å². The average molecular weight is 1380 g/mol. The second-order valence-electron chi connectivity index (χ2n) is 27.5. The highest BCUT2D eigenvalue weighted by Crippen LogP contribution is 2.40. The van der Waals surface area contributed by atoms with Gasteiger partial charge in [-0.3, -0.25) is 19.9 Å². The summed E-state index contributed by atoms with van der Waals surface area (Å²) in [6.07, 6.45) is 7.34. The first-order valence-electron chi connectivity index (χ1n) is 36.1. The van der Waals surface area contributed by atoms with E-state index in [-0.39, 0.29) is 0 Å². The molecular weight excluding hydrogens is 1320 g/mol. The van der Waals surface area contributed by atoms with Crippen molar-refractivity contribution in [3.8, 4) is 89.8 Å². The van der Waals surface area contributed by atoms with Gasteiger partial charge in [-0.15, -0.1) is 0 Å². The van der Waals surface area contributed by atoms with E-state index in [0.717, 1.165) is 204 Å². The van der Waals surface area contributed by atoms with Gasteiger partial charge < -0.3 is 0 Å². The van der Waals surface area contributed by atoms with Crippen LogP contribution in [0.5, 0.6) is 0 Å². The molecule has 10 aromatic heterocycles. The summed E-state index contributed by atoms with van der Waals surface area (Å²) in [7, 11) is 0. The van der Waals surface area contributed by atoms with Crippen molar-refractivity contribution in [2.45, 2.75) is 0 Å². The van der Waals surface area contributed by atoms with Gasteiger partial charge in [-0.05, 0) is 141 Å². The van der Waals surface area contributed by atoms with Crippen LogP contribution in [0.15, 0.2) is 352 Å². The Morgan fingerprint density at radius 2 is 0.444 bits per heavy atom. The molecule has 0 aliphatic rings. The first kappa shape index (κ1) is 61.9. The van der Waals surface area contributed by atoms with E-state index in [1.165, 1.54) is 16.2 Å². The van der Waals surface area contributed by atoms with Gasteiger partial charge in [0.1, 0.15) is 0 Å². The van der Waals surface area contributed by atoms with E-state index >= 15 is 0 Å². The number of hydrogen-bond acceptors (Lipinski definition) is 10. The minimum atomic E-state index is 0.903. The lowest BCUT2D eigenvalue weighted by molar-refractivity contribution is 1.36. The molecule has 0 unspecified atom stereocenters. The van der Waals surface area contributed by atoms with E-state index in [4.69, 9.17) is 29.9 Å². The third-order valence-electron chi connectivity index (χ3n) is 21.0. The maximum Gasteiger partial charge on any atom is 0.0972 e. The van der Waals surface area contributed by atoms with Crippen molar-refractivity contribution in [2.24, 2.45) is 0 Å². The van der Waals surface area contributed by atoms with E-state index in [1.807, 2.05) is 49.1 Å². The Hall–Kier alpha value is -14.7. The van der Waals surface area contributed by atoms with Gasteiger partial charge in [0.05, 0.1) is 89.3 Å². The summed E-state index contributed by atoms with van der Waals surface area (Å²) in [4.78, 5) is 49.4. The molecule has 0 spiro atoms. The predicted molar refractivity (Wildman–Crippen MR) is 444 cm³/mol. The highest BCUT2D eigenvalue weighted by molar-refractivity contribution is 6.09. The molecule has 22 aromatic rings. The molecule has 108 heavy (non-hydrogen) atoms. The fourth-order valence-corrected chi connectivity index (χ4v) is 15.5. The first-order valence-corrected chi connectivity index (χ1v) is 36.1. The topological polar surface area (TPSA) is 129 Å². The number of para-hydroxylation sites is 2. The molecule has 10 nitrogen and oxygen atoms in total. The van der Waals surface area contributed by atoms with Crippen LogP contribution in [0.4, 0.5) is 0 Å². The molecule has 0 N–H and O–H groups in total. The molecule has 0 aliphatic carbocycles. The van der Waals surface area contributed by atoms with Crippen LogP contribution < -0.4 is 0 Å². The minimum absolute atomic E-state index is 0.903. The van der Waals surface area contributed by atoms with Crippen LogP contribution in [0.2, 0.25) is 0 Å².